The van der Waals surface area contributed by atoms with Crippen molar-refractivity contribution in [3.05, 3.63) is 41.3 Å². The number of benzene rings is 1. The van der Waals surface area contributed by atoms with E-state index in [9.17, 15) is 4.39 Å². The Morgan fingerprint density at radius 3 is 2.67 bits per heavy atom. The maximum absolute atomic E-state index is 13.3. The van der Waals surface area contributed by atoms with E-state index in [1.165, 1.54) is 12.1 Å². The van der Waals surface area contributed by atoms with Crippen molar-refractivity contribution >= 4 is 5.82 Å². The molecular formula is C14H16FN3. The number of nitrogens with one attached hydrogen (secondary N) is 1. The van der Waals surface area contributed by atoms with Gasteiger partial charge in [-0.25, -0.2) is 14.4 Å². The quantitative estimate of drug-likeness (QED) is 0.902. The lowest BCUT2D eigenvalue weighted by molar-refractivity contribution is 0.627. The number of hydrogen-bond acceptors (Lipinski definition) is 3. The fourth-order valence-electron chi connectivity index (χ4n) is 1.76. The standard InChI is InChI=1S/C14H16FN3/c1-4-11-8-13(16-3)18-14(17-11)12-7-10(15)6-5-9(12)2/h5-8H,4H2,1-3H3,(H,16,17,18). The van der Waals surface area contributed by atoms with Gasteiger partial charge in [0.2, 0.25) is 0 Å². The van der Waals surface area contributed by atoms with Gasteiger partial charge in [-0.15, -0.1) is 0 Å². The number of halogens is 1. The maximum Gasteiger partial charge on any atom is 0.162 e. The Labute approximate surface area is 106 Å². The molecule has 1 aromatic heterocycles. The fraction of sp³-hybridized carbons (Fsp3) is 0.286. The van der Waals surface area contributed by atoms with Crippen LogP contribution in [0.3, 0.4) is 0 Å². The van der Waals surface area contributed by atoms with Gasteiger partial charge < -0.3 is 5.32 Å². The molecule has 0 saturated carbocycles. The smallest absolute Gasteiger partial charge is 0.162 e. The maximum atomic E-state index is 13.3. The van der Waals surface area contributed by atoms with E-state index in [1.807, 2.05) is 27.0 Å². The molecule has 2 aromatic rings. The van der Waals surface area contributed by atoms with E-state index in [0.29, 0.717) is 5.82 Å². The summed E-state index contributed by atoms with van der Waals surface area (Å²) in [5, 5.41) is 3.00. The van der Waals surface area contributed by atoms with Crippen molar-refractivity contribution in [1.82, 2.24) is 9.97 Å². The van der Waals surface area contributed by atoms with Gasteiger partial charge in [0.1, 0.15) is 11.6 Å². The first kappa shape index (κ1) is 12.5. The van der Waals surface area contributed by atoms with Crippen molar-refractivity contribution in [2.45, 2.75) is 20.3 Å². The summed E-state index contributed by atoms with van der Waals surface area (Å²) in [4.78, 5) is 8.84. The molecule has 1 N–H and O–H groups in total. The van der Waals surface area contributed by atoms with Crippen LogP contribution in [0, 0.1) is 12.7 Å². The van der Waals surface area contributed by atoms with Gasteiger partial charge in [0.25, 0.3) is 0 Å². The minimum Gasteiger partial charge on any atom is -0.373 e. The number of rotatable bonds is 3. The molecule has 3 nitrogen and oxygen atoms in total. The lowest BCUT2D eigenvalue weighted by Gasteiger charge is -2.09. The SMILES string of the molecule is CCc1cc(NC)nc(-c2cc(F)ccc2C)n1. The van der Waals surface area contributed by atoms with Crippen LogP contribution >= 0.6 is 0 Å². The van der Waals surface area contributed by atoms with Crippen molar-refractivity contribution in [2.24, 2.45) is 0 Å². The third-order valence-corrected chi connectivity index (χ3v) is 2.84. The first-order chi connectivity index (χ1) is 8.63. The second-order valence-electron chi connectivity index (χ2n) is 4.13. The van der Waals surface area contributed by atoms with Crippen LogP contribution in [-0.4, -0.2) is 17.0 Å². The number of nitrogens with zero attached hydrogens (tertiary/aromatic N) is 2. The molecule has 2 rings (SSSR count). The van der Waals surface area contributed by atoms with E-state index in [0.717, 1.165) is 29.1 Å². The molecular weight excluding hydrogens is 229 g/mol. The fourth-order valence-corrected chi connectivity index (χ4v) is 1.76. The zero-order valence-corrected chi connectivity index (χ0v) is 10.8. The summed E-state index contributed by atoms with van der Waals surface area (Å²) in [6.07, 6.45) is 0.818. The summed E-state index contributed by atoms with van der Waals surface area (Å²) in [5.74, 6) is 1.04. The van der Waals surface area contributed by atoms with Gasteiger partial charge in [0.05, 0.1) is 0 Å². The van der Waals surface area contributed by atoms with Crippen LogP contribution in [0.4, 0.5) is 10.2 Å². The highest BCUT2D eigenvalue weighted by Gasteiger charge is 2.09. The van der Waals surface area contributed by atoms with Gasteiger partial charge in [-0.3, -0.25) is 0 Å². The van der Waals surface area contributed by atoms with Gasteiger partial charge in [-0.2, -0.15) is 0 Å². The Bertz CT molecular complexity index is 545. The van der Waals surface area contributed by atoms with Gasteiger partial charge in [-0.1, -0.05) is 13.0 Å². The van der Waals surface area contributed by atoms with Gasteiger partial charge in [-0.05, 0) is 31.0 Å². The van der Waals surface area contributed by atoms with Gasteiger partial charge in [0.15, 0.2) is 5.82 Å². The van der Waals surface area contributed by atoms with E-state index < -0.39 is 0 Å². The Kier molecular flexibility index (Phi) is 3.55. The molecule has 0 fully saturated rings. The van der Waals surface area contributed by atoms with E-state index in [-0.39, 0.29) is 5.82 Å². The van der Waals surface area contributed by atoms with Crippen LogP contribution < -0.4 is 5.32 Å². The third kappa shape index (κ3) is 2.47. The van der Waals surface area contributed by atoms with Crippen molar-refractivity contribution in [2.75, 3.05) is 12.4 Å². The lowest BCUT2D eigenvalue weighted by Crippen LogP contribution is -2.01. The molecule has 0 spiro atoms. The van der Waals surface area contributed by atoms with Gasteiger partial charge in [0, 0.05) is 24.4 Å². The summed E-state index contributed by atoms with van der Waals surface area (Å²) in [5.41, 5.74) is 2.64. The van der Waals surface area contributed by atoms with Crippen LogP contribution in [0.5, 0.6) is 0 Å². The number of anilines is 1. The molecule has 0 bridgehead atoms. The Morgan fingerprint density at radius 1 is 1.22 bits per heavy atom. The summed E-state index contributed by atoms with van der Waals surface area (Å²) in [6, 6.07) is 6.56. The average Bonchev–Trinajstić information content (AvgIpc) is 2.40. The molecule has 0 saturated heterocycles. The van der Waals surface area contributed by atoms with E-state index in [1.54, 1.807) is 6.07 Å². The zero-order chi connectivity index (χ0) is 13.1. The molecule has 0 atom stereocenters. The highest BCUT2D eigenvalue weighted by atomic mass is 19.1. The summed E-state index contributed by atoms with van der Waals surface area (Å²) < 4.78 is 13.3. The van der Waals surface area contributed by atoms with Crippen molar-refractivity contribution < 1.29 is 4.39 Å². The number of aryl methyl sites for hydroxylation is 2. The second kappa shape index (κ2) is 5.12. The highest BCUT2D eigenvalue weighted by Crippen LogP contribution is 2.22. The summed E-state index contributed by atoms with van der Waals surface area (Å²) in [7, 11) is 1.81. The van der Waals surface area contributed by atoms with Crippen molar-refractivity contribution in [3.8, 4) is 11.4 Å². The predicted octanol–water partition coefficient (Wildman–Crippen LogP) is 3.20. The minimum absolute atomic E-state index is 0.271. The molecule has 94 valence electrons. The molecule has 0 amide bonds. The van der Waals surface area contributed by atoms with Crippen LogP contribution in [-0.2, 0) is 6.42 Å². The topological polar surface area (TPSA) is 37.8 Å². The average molecular weight is 245 g/mol. The largest absolute Gasteiger partial charge is 0.373 e. The first-order valence-corrected chi connectivity index (χ1v) is 5.96. The molecule has 18 heavy (non-hydrogen) atoms. The predicted molar refractivity (Wildman–Crippen MR) is 71.1 cm³/mol. The summed E-state index contributed by atoms with van der Waals surface area (Å²) in [6.45, 7) is 3.96. The molecule has 0 aliphatic heterocycles. The molecule has 0 radical (unpaired) electrons. The Hall–Kier alpha value is -1.97. The highest BCUT2D eigenvalue weighted by molar-refractivity contribution is 5.61. The van der Waals surface area contributed by atoms with E-state index >= 15 is 0 Å². The number of hydrogen-bond donors (Lipinski definition) is 1. The van der Waals surface area contributed by atoms with Gasteiger partial charge >= 0.3 is 0 Å². The van der Waals surface area contributed by atoms with E-state index in [2.05, 4.69) is 15.3 Å². The normalized spacial score (nSPS) is 10.4. The lowest BCUT2D eigenvalue weighted by atomic mass is 10.1. The molecule has 4 heteroatoms. The molecule has 0 unspecified atom stereocenters. The van der Waals surface area contributed by atoms with Crippen molar-refractivity contribution in [1.29, 1.82) is 0 Å². The summed E-state index contributed by atoms with van der Waals surface area (Å²) >= 11 is 0. The Morgan fingerprint density at radius 2 is 2.00 bits per heavy atom. The molecule has 0 aliphatic carbocycles. The van der Waals surface area contributed by atoms with E-state index in [4.69, 9.17) is 0 Å². The van der Waals surface area contributed by atoms with Crippen LogP contribution in [0.15, 0.2) is 24.3 Å². The van der Waals surface area contributed by atoms with Crippen molar-refractivity contribution in [3.63, 3.8) is 0 Å². The van der Waals surface area contributed by atoms with Crippen LogP contribution in [0.2, 0.25) is 0 Å². The first-order valence-electron chi connectivity index (χ1n) is 5.96. The Balaban J connectivity index is 2.58. The van der Waals surface area contributed by atoms with Crippen LogP contribution in [0.1, 0.15) is 18.2 Å². The minimum atomic E-state index is -0.271. The zero-order valence-electron chi connectivity index (χ0n) is 10.8. The second-order valence-corrected chi connectivity index (χ2v) is 4.13. The number of aromatic nitrogens is 2. The molecule has 1 heterocycles. The van der Waals surface area contributed by atoms with Crippen LogP contribution in [0.25, 0.3) is 11.4 Å². The molecule has 0 aliphatic rings. The third-order valence-electron chi connectivity index (χ3n) is 2.84. The monoisotopic (exact) mass is 245 g/mol. The molecule has 1 aromatic carbocycles.